The van der Waals surface area contributed by atoms with Crippen molar-refractivity contribution < 1.29 is 0 Å². The highest BCUT2D eigenvalue weighted by Crippen LogP contribution is 2.25. The van der Waals surface area contributed by atoms with E-state index in [1.54, 1.807) is 0 Å². The molecular weight excluding hydrogens is 138 g/mol. The zero-order valence-electron chi connectivity index (χ0n) is 6.35. The van der Waals surface area contributed by atoms with Crippen LogP contribution in [0.4, 0.5) is 5.82 Å². The average Bonchev–Trinajstić information content (AvgIpc) is 2.32. The summed E-state index contributed by atoms with van der Waals surface area (Å²) in [6.45, 7) is 3.93. The quantitative estimate of drug-likeness (QED) is 0.541. The van der Waals surface area contributed by atoms with E-state index in [9.17, 15) is 0 Å². The smallest absolute Gasteiger partial charge is 0.148 e. The number of anilines is 1. The summed E-state index contributed by atoms with van der Waals surface area (Å²) in [6, 6.07) is 0. The molecule has 11 heavy (non-hydrogen) atoms. The molecule has 0 atom stereocenters. The molecule has 0 saturated carbocycles. The Bertz CT molecular complexity index is 298. The van der Waals surface area contributed by atoms with Crippen molar-refractivity contribution in [1.82, 2.24) is 10.2 Å². The molecule has 1 aromatic rings. The second-order valence-corrected chi connectivity index (χ2v) is 2.99. The zero-order valence-corrected chi connectivity index (χ0v) is 6.35. The van der Waals surface area contributed by atoms with Crippen molar-refractivity contribution in [3.05, 3.63) is 23.4 Å². The highest BCUT2D eigenvalue weighted by atomic mass is 15.2. The van der Waals surface area contributed by atoms with Crippen LogP contribution >= 0.6 is 0 Å². The molecule has 0 aliphatic heterocycles. The standard InChI is InChI=1S/C8H11N3/c1-5-2-3-6-7(4-5)10-11-8(6)9/h1-4H2,(H3,9,10,11). The van der Waals surface area contributed by atoms with Gasteiger partial charge in [-0.05, 0) is 12.8 Å². The average molecular weight is 149 g/mol. The predicted molar refractivity (Wildman–Crippen MR) is 44.2 cm³/mol. The maximum Gasteiger partial charge on any atom is 0.148 e. The Morgan fingerprint density at radius 1 is 1.45 bits per heavy atom. The number of allylic oxidation sites excluding steroid dienone is 1. The molecule has 0 fully saturated rings. The van der Waals surface area contributed by atoms with Crippen LogP contribution in [-0.4, -0.2) is 10.2 Å². The molecule has 0 radical (unpaired) electrons. The van der Waals surface area contributed by atoms with Crippen LogP contribution in [0.2, 0.25) is 0 Å². The number of hydrogen-bond donors (Lipinski definition) is 2. The molecule has 3 heteroatoms. The lowest BCUT2D eigenvalue weighted by molar-refractivity contribution is 0.825. The number of fused-ring (bicyclic) bond motifs is 1. The molecule has 0 saturated heterocycles. The van der Waals surface area contributed by atoms with Gasteiger partial charge in [-0.3, -0.25) is 5.10 Å². The Kier molecular flexibility index (Phi) is 1.24. The minimum Gasteiger partial charge on any atom is -0.382 e. The van der Waals surface area contributed by atoms with Gasteiger partial charge < -0.3 is 5.73 Å². The molecule has 0 unspecified atom stereocenters. The summed E-state index contributed by atoms with van der Waals surface area (Å²) in [5.74, 6) is 0.660. The summed E-state index contributed by atoms with van der Waals surface area (Å²) < 4.78 is 0. The van der Waals surface area contributed by atoms with Crippen LogP contribution in [0.5, 0.6) is 0 Å². The fourth-order valence-electron chi connectivity index (χ4n) is 1.48. The number of nitrogens with zero attached hydrogens (tertiary/aromatic N) is 1. The third-order valence-corrected chi connectivity index (χ3v) is 2.14. The SMILES string of the molecule is C=C1CCc2c(N)n[nH]c2C1. The van der Waals surface area contributed by atoms with Crippen LogP contribution in [0.25, 0.3) is 0 Å². The number of nitrogen functional groups attached to an aromatic ring is 1. The van der Waals surface area contributed by atoms with Crippen LogP contribution in [0.3, 0.4) is 0 Å². The monoisotopic (exact) mass is 149 g/mol. The summed E-state index contributed by atoms with van der Waals surface area (Å²) >= 11 is 0. The molecule has 0 aromatic carbocycles. The Morgan fingerprint density at radius 3 is 3.09 bits per heavy atom. The van der Waals surface area contributed by atoms with Crippen molar-refractivity contribution in [1.29, 1.82) is 0 Å². The lowest BCUT2D eigenvalue weighted by Gasteiger charge is -2.12. The van der Waals surface area contributed by atoms with Crippen molar-refractivity contribution in [2.24, 2.45) is 0 Å². The third-order valence-electron chi connectivity index (χ3n) is 2.14. The largest absolute Gasteiger partial charge is 0.382 e. The summed E-state index contributed by atoms with van der Waals surface area (Å²) in [4.78, 5) is 0. The Balaban J connectivity index is 2.44. The molecule has 1 heterocycles. The molecule has 1 aromatic heterocycles. The van der Waals surface area contributed by atoms with Gasteiger partial charge in [-0.1, -0.05) is 12.2 Å². The van der Waals surface area contributed by atoms with Gasteiger partial charge in [0.05, 0.1) is 0 Å². The van der Waals surface area contributed by atoms with Gasteiger partial charge in [0.15, 0.2) is 0 Å². The third kappa shape index (κ3) is 0.926. The maximum absolute atomic E-state index is 5.63. The van der Waals surface area contributed by atoms with Gasteiger partial charge in [0.25, 0.3) is 0 Å². The Labute approximate surface area is 65.3 Å². The lowest BCUT2D eigenvalue weighted by atomic mass is 9.94. The zero-order chi connectivity index (χ0) is 7.84. The number of aromatic amines is 1. The summed E-state index contributed by atoms with van der Waals surface area (Å²) in [5.41, 5.74) is 9.24. The van der Waals surface area contributed by atoms with Gasteiger partial charge >= 0.3 is 0 Å². The molecule has 2 rings (SSSR count). The lowest BCUT2D eigenvalue weighted by Crippen LogP contribution is -2.04. The van der Waals surface area contributed by atoms with Gasteiger partial charge in [0, 0.05) is 17.7 Å². The second-order valence-electron chi connectivity index (χ2n) is 2.99. The molecule has 0 bridgehead atoms. The van der Waals surface area contributed by atoms with Crippen molar-refractivity contribution in [3.8, 4) is 0 Å². The van der Waals surface area contributed by atoms with Gasteiger partial charge in [0.2, 0.25) is 0 Å². The molecule has 0 spiro atoms. The number of aromatic nitrogens is 2. The fourth-order valence-corrected chi connectivity index (χ4v) is 1.48. The van der Waals surface area contributed by atoms with Crippen molar-refractivity contribution in [2.45, 2.75) is 19.3 Å². The first-order valence-corrected chi connectivity index (χ1v) is 3.75. The van der Waals surface area contributed by atoms with Crippen LogP contribution in [-0.2, 0) is 12.8 Å². The number of nitrogens with two attached hydrogens (primary N) is 1. The first-order valence-electron chi connectivity index (χ1n) is 3.75. The number of H-pyrrole nitrogens is 1. The molecule has 3 N–H and O–H groups in total. The van der Waals surface area contributed by atoms with Gasteiger partial charge in [-0.2, -0.15) is 5.10 Å². The highest BCUT2D eigenvalue weighted by molar-refractivity contribution is 5.45. The van der Waals surface area contributed by atoms with Crippen LogP contribution in [0.1, 0.15) is 17.7 Å². The van der Waals surface area contributed by atoms with E-state index in [0.29, 0.717) is 5.82 Å². The Morgan fingerprint density at radius 2 is 2.27 bits per heavy atom. The Hall–Kier alpha value is -1.25. The van der Waals surface area contributed by atoms with Crippen molar-refractivity contribution in [2.75, 3.05) is 5.73 Å². The summed E-state index contributed by atoms with van der Waals surface area (Å²) in [7, 11) is 0. The van der Waals surface area contributed by atoms with E-state index in [-0.39, 0.29) is 0 Å². The topological polar surface area (TPSA) is 54.7 Å². The summed E-state index contributed by atoms with van der Waals surface area (Å²) in [5, 5.41) is 6.86. The summed E-state index contributed by atoms with van der Waals surface area (Å²) in [6.07, 6.45) is 2.97. The van der Waals surface area contributed by atoms with Crippen molar-refractivity contribution >= 4 is 5.82 Å². The first kappa shape index (κ1) is 6.46. The maximum atomic E-state index is 5.63. The molecule has 1 aliphatic rings. The van der Waals surface area contributed by atoms with E-state index in [2.05, 4.69) is 16.8 Å². The second kappa shape index (κ2) is 2.12. The van der Waals surface area contributed by atoms with Gasteiger partial charge in [0.1, 0.15) is 5.82 Å². The number of hydrogen-bond acceptors (Lipinski definition) is 2. The minimum atomic E-state index is 0.660. The van der Waals surface area contributed by atoms with Crippen molar-refractivity contribution in [3.63, 3.8) is 0 Å². The van der Waals surface area contributed by atoms with E-state index in [0.717, 1.165) is 25.0 Å². The van der Waals surface area contributed by atoms with Gasteiger partial charge in [-0.25, -0.2) is 0 Å². The fraction of sp³-hybridized carbons (Fsp3) is 0.375. The van der Waals surface area contributed by atoms with E-state index >= 15 is 0 Å². The molecular formula is C8H11N3. The van der Waals surface area contributed by atoms with Crippen LogP contribution in [0.15, 0.2) is 12.2 Å². The number of nitrogens with one attached hydrogen (secondary N) is 1. The highest BCUT2D eigenvalue weighted by Gasteiger charge is 2.16. The molecule has 1 aliphatic carbocycles. The van der Waals surface area contributed by atoms with Gasteiger partial charge in [-0.15, -0.1) is 0 Å². The van der Waals surface area contributed by atoms with E-state index in [1.807, 2.05) is 0 Å². The molecule has 0 amide bonds. The van der Waals surface area contributed by atoms with Crippen LogP contribution < -0.4 is 5.73 Å². The van der Waals surface area contributed by atoms with E-state index in [1.165, 1.54) is 11.1 Å². The minimum absolute atomic E-state index is 0.660. The first-order chi connectivity index (χ1) is 5.27. The number of rotatable bonds is 0. The van der Waals surface area contributed by atoms with Crippen LogP contribution in [0, 0.1) is 0 Å². The van der Waals surface area contributed by atoms with E-state index < -0.39 is 0 Å². The van der Waals surface area contributed by atoms with E-state index in [4.69, 9.17) is 5.73 Å². The predicted octanol–water partition coefficient (Wildman–Crippen LogP) is 1.04. The molecule has 3 nitrogen and oxygen atoms in total. The molecule has 58 valence electrons. The normalized spacial score (nSPS) is 16.5.